The Labute approximate surface area is 178 Å². The van der Waals surface area contributed by atoms with Crippen LogP contribution in [0, 0.1) is 0 Å². The molecular formula is C25H29NO4. The average molecular weight is 408 g/mol. The number of benzene rings is 2. The van der Waals surface area contributed by atoms with Crippen LogP contribution in [-0.2, 0) is 4.74 Å². The summed E-state index contributed by atoms with van der Waals surface area (Å²) < 4.78 is 16.6. The van der Waals surface area contributed by atoms with Crippen molar-refractivity contribution in [2.45, 2.75) is 51.5 Å². The molecule has 2 atom stereocenters. The molecule has 158 valence electrons. The van der Waals surface area contributed by atoms with E-state index in [4.69, 9.17) is 19.2 Å². The lowest BCUT2D eigenvalue weighted by Gasteiger charge is -2.36. The van der Waals surface area contributed by atoms with Crippen molar-refractivity contribution in [1.82, 2.24) is 0 Å². The summed E-state index contributed by atoms with van der Waals surface area (Å²) in [5.41, 5.74) is 4.91. The molecule has 30 heavy (non-hydrogen) atoms. The number of hydrogen-bond donors (Lipinski definition) is 0. The third kappa shape index (κ3) is 3.81. The van der Waals surface area contributed by atoms with E-state index in [1.807, 2.05) is 26.0 Å². The van der Waals surface area contributed by atoms with Crippen molar-refractivity contribution < 1.29 is 19.0 Å². The summed E-state index contributed by atoms with van der Waals surface area (Å²) in [6.45, 7) is 5.15. The van der Waals surface area contributed by atoms with Gasteiger partial charge in [-0.1, -0.05) is 25.0 Å². The van der Waals surface area contributed by atoms with Crippen molar-refractivity contribution in [3.63, 3.8) is 0 Å². The predicted molar refractivity (Wildman–Crippen MR) is 117 cm³/mol. The first-order valence-corrected chi connectivity index (χ1v) is 10.9. The highest BCUT2D eigenvalue weighted by atomic mass is 16.5. The molecule has 1 aliphatic carbocycles. The summed E-state index contributed by atoms with van der Waals surface area (Å²) in [6, 6.07) is 12.0. The van der Waals surface area contributed by atoms with Crippen LogP contribution in [0.5, 0.6) is 11.5 Å². The number of ether oxygens (including phenoxy) is 3. The van der Waals surface area contributed by atoms with Crippen LogP contribution in [0.15, 0.2) is 41.4 Å². The van der Waals surface area contributed by atoms with Gasteiger partial charge in [0.05, 0.1) is 37.6 Å². The number of aliphatic imine (C=N–C) groups is 1. The molecule has 0 aromatic heterocycles. The number of rotatable bonds is 6. The lowest BCUT2D eigenvalue weighted by molar-refractivity contribution is 0.0600. The molecule has 0 saturated heterocycles. The molecule has 5 heteroatoms. The van der Waals surface area contributed by atoms with E-state index in [0.717, 1.165) is 41.2 Å². The third-order valence-electron chi connectivity index (χ3n) is 5.97. The molecule has 0 radical (unpaired) electrons. The Morgan fingerprint density at radius 1 is 1.00 bits per heavy atom. The quantitative estimate of drug-likeness (QED) is 0.622. The lowest BCUT2D eigenvalue weighted by atomic mass is 9.75. The monoisotopic (exact) mass is 407 g/mol. The van der Waals surface area contributed by atoms with Gasteiger partial charge >= 0.3 is 5.97 Å². The van der Waals surface area contributed by atoms with Crippen molar-refractivity contribution in [3.05, 3.63) is 58.7 Å². The van der Waals surface area contributed by atoms with Gasteiger partial charge in [0, 0.05) is 17.0 Å². The summed E-state index contributed by atoms with van der Waals surface area (Å²) in [5, 5.41) is 0. The SMILES string of the molecule is CCOc1cc2c(cc1OCC)[C@@H]1CCCC[C@@H]1N=C2c1ccc(C(=O)OC)cc1. The molecule has 1 aliphatic heterocycles. The van der Waals surface area contributed by atoms with Crippen LogP contribution in [0.1, 0.15) is 72.5 Å². The standard InChI is InChI=1S/C25H29NO4/c1-4-29-22-14-19-18-8-6-7-9-21(18)26-24(20(19)15-23(22)30-5-2)16-10-12-17(13-11-16)25(27)28-3/h10-15,18,21H,4-9H2,1-3H3/t18-,21-/m0/s1. The molecule has 4 rings (SSSR count). The molecule has 1 saturated carbocycles. The number of carbonyl (C=O) groups excluding carboxylic acids is 1. The second-order valence-electron chi connectivity index (χ2n) is 7.76. The first kappa shape index (κ1) is 20.5. The van der Waals surface area contributed by atoms with Crippen LogP contribution in [0.3, 0.4) is 0 Å². The highest BCUT2D eigenvalue weighted by molar-refractivity contribution is 6.15. The van der Waals surface area contributed by atoms with E-state index in [0.29, 0.717) is 24.7 Å². The Hall–Kier alpha value is -2.82. The number of hydrogen-bond acceptors (Lipinski definition) is 5. The zero-order valence-electron chi connectivity index (χ0n) is 17.9. The number of esters is 1. The van der Waals surface area contributed by atoms with E-state index in [9.17, 15) is 4.79 Å². The van der Waals surface area contributed by atoms with Gasteiger partial charge in [0.2, 0.25) is 0 Å². The Morgan fingerprint density at radius 3 is 2.33 bits per heavy atom. The fourth-order valence-electron chi connectivity index (χ4n) is 4.60. The molecule has 0 unspecified atom stereocenters. The third-order valence-corrected chi connectivity index (χ3v) is 5.97. The van der Waals surface area contributed by atoms with E-state index < -0.39 is 0 Å². The Kier molecular flexibility index (Phi) is 6.07. The molecule has 2 aromatic carbocycles. The molecular weight excluding hydrogens is 378 g/mol. The van der Waals surface area contributed by atoms with E-state index in [-0.39, 0.29) is 12.0 Å². The number of nitrogens with zero attached hydrogens (tertiary/aromatic N) is 1. The van der Waals surface area contributed by atoms with Crippen LogP contribution in [0.2, 0.25) is 0 Å². The molecule has 0 N–H and O–H groups in total. The van der Waals surface area contributed by atoms with Gasteiger partial charge < -0.3 is 14.2 Å². The number of methoxy groups -OCH3 is 1. The van der Waals surface area contributed by atoms with Crippen LogP contribution >= 0.6 is 0 Å². The van der Waals surface area contributed by atoms with Gasteiger partial charge in [0.25, 0.3) is 0 Å². The minimum atomic E-state index is -0.333. The predicted octanol–water partition coefficient (Wildman–Crippen LogP) is 5.15. The van der Waals surface area contributed by atoms with Crippen molar-refractivity contribution >= 4 is 11.7 Å². The highest BCUT2D eigenvalue weighted by Gasteiger charge is 2.34. The average Bonchev–Trinajstić information content (AvgIpc) is 2.79. The van der Waals surface area contributed by atoms with Crippen molar-refractivity contribution in [1.29, 1.82) is 0 Å². The van der Waals surface area contributed by atoms with Crippen LogP contribution in [-0.4, -0.2) is 38.0 Å². The highest BCUT2D eigenvalue weighted by Crippen LogP contribution is 2.45. The fraction of sp³-hybridized carbons (Fsp3) is 0.440. The smallest absolute Gasteiger partial charge is 0.337 e. The van der Waals surface area contributed by atoms with Gasteiger partial charge in [-0.3, -0.25) is 4.99 Å². The Bertz CT molecular complexity index is 948. The van der Waals surface area contributed by atoms with Crippen LogP contribution in [0.4, 0.5) is 0 Å². The van der Waals surface area contributed by atoms with Crippen molar-refractivity contribution in [2.75, 3.05) is 20.3 Å². The summed E-state index contributed by atoms with van der Waals surface area (Å²) in [5.74, 6) is 1.65. The van der Waals surface area contributed by atoms with Gasteiger partial charge in [-0.25, -0.2) is 4.79 Å². The maximum Gasteiger partial charge on any atom is 0.337 e. The molecule has 1 fully saturated rings. The first-order chi connectivity index (χ1) is 14.7. The molecule has 2 aromatic rings. The second-order valence-corrected chi connectivity index (χ2v) is 7.76. The Morgan fingerprint density at radius 2 is 1.67 bits per heavy atom. The van der Waals surface area contributed by atoms with Gasteiger partial charge in [-0.15, -0.1) is 0 Å². The zero-order valence-corrected chi connectivity index (χ0v) is 17.9. The summed E-state index contributed by atoms with van der Waals surface area (Å²) in [6.07, 6.45) is 4.70. The molecule has 1 heterocycles. The minimum absolute atomic E-state index is 0.286. The fourth-order valence-corrected chi connectivity index (χ4v) is 4.60. The van der Waals surface area contributed by atoms with Crippen LogP contribution < -0.4 is 9.47 Å². The van der Waals surface area contributed by atoms with Crippen molar-refractivity contribution in [2.24, 2.45) is 4.99 Å². The van der Waals surface area contributed by atoms with Gasteiger partial charge in [0.1, 0.15) is 0 Å². The topological polar surface area (TPSA) is 57.1 Å². The van der Waals surface area contributed by atoms with E-state index in [1.54, 1.807) is 12.1 Å². The van der Waals surface area contributed by atoms with Crippen molar-refractivity contribution in [3.8, 4) is 11.5 Å². The summed E-state index contributed by atoms with van der Waals surface area (Å²) in [7, 11) is 1.39. The first-order valence-electron chi connectivity index (χ1n) is 10.9. The van der Waals surface area contributed by atoms with E-state index >= 15 is 0 Å². The normalized spacial score (nSPS) is 19.9. The molecule has 0 bridgehead atoms. The second kappa shape index (κ2) is 8.90. The van der Waals surface area contributed by atoms with Gasteiger partial charge in [0.15, 0.2) is 11.5 Å². The summed E-state index contributed by atoms with van der Waals surface area (Å²) in [4.78, 5) is 17.0. The molecule has 0 spiro atoms. The Balaban J connectivity index is 1.82. The largest absolute Gasteiger partial charge is 0.490 e. The van der Waals surface area contributed by atoms with Crippen LogP contribution in [0.25, 0.3) is 0 Å². The minimum Gasteiger partial charge on any atom is -0.490 e. The number of fused-ring (bicyclic) bond motifs is 3. The lowest BCUT2D eigenvalue weighted by Crippen LogP contribution is -2.29. The van der Waals surface area contributed by atoms with E-state index in [2.05, 4.69) is 12.1 Å². The zero-order chi connectivity index (χ0) is 21.1. The summed E-state index contributed by atoms with van der Waals surface area (Å²) >= 11 is 0. The van der Waals surface area contributed by atoms with E-state index in [1.165, 1.54) is 25.5 Å². The van der Waals surface area contributed by atoms with Gasteiger partial charge in [-0.2, -0.15) is 0 Å². The molecule has 0 amide bonds. The maximum absolute atomic E-state index is 11.8. The molecule has 5 nitrogen and oxygen atoms in total. The molecule has 2 aliphatic rings. The van der Waals surface area contributed by atoms with Gasteiger partial charge in [-0.05, 0) is 56.5 Å². The number of carbonyl (C=O) groups is 1. The maximum atomic E-state index is 11.8.